The molecule has 1 aromatic rings. The van der Waals surface area contributed by atoms with Crippen LogP contribution < -0.4 is 5.73 Å². The molecule has 0 aliphatic carbocycles. The molecule has 5 heteroatoms. The Balaban J connectivity index is 2.87. The zero-order valence-corrected chi connectivity index (χ0v) is 14.7. The van der Waals surface area contributed by atoms with Crippen LogP contribution in [0.2, 0.25) is 0 Å². The molecule has 0 aliphatic rings. The zero-order chi connectivity index (χ0) is 14.4. The van der Waals surface area contributed by atoms with Gasteiger partial charge in [-0.15, -0.1) is 11.3 Å². The lowest BCUT2D eigenvalue weighted by atomic mass is 10.1. The van der Waals surface area contributed by atoms with E-state index in [0.717, 1.165) is 19.7 Å². The number of nitrogens with zero attached hydrogens (tertiary/aromatic N) is 1. The average Bonchev–Trinajstić information content (AvgIpc) is 2.66. The van der Waals surface area contributed by atoms with Crippen molar-refractivity contribution >= 4 is 27.3 Å². The largest absolute Gasteiger partial charge is 0.383 e. The van der Waals surface area contributed by atoms with Gasteiger partial charge in [0.05, 0.1) is 12.6 Å². The molecule has 2 N–H and O–H groups in total. The molecular formula is C14H25BrN2OS. The number of hydrogen-bond acceptors (Lipinski definition) is 4. The fourth-order valence-corrected chi connectivity index (χ4v) is 3.85. The van der Waals surface area contributed by atoms with E-state index in [0.29, 0.717) is 12.5 Å². The maximum atomic E-state index is 6.02. The number of nitrogens with two attached hydrogens (primary N) is 1. The topological polar surface area (TPSA) is 38.5 Å². The van der Waals surface area contributed by atoms with E-state index in [1.165, 1.54) is 14.2 Å². The van der Waals surface area contributed by atoms with Crippen molar-refractivity contribution in [3.8, 4) is 0 Å². The van der Waals surface area contributed by atoms with Crippen molar-refractivity contribution in [1.82, 2.24) is 4.90 Å². The molecule has 19 heavy (non-hydrogen) atoms. The SMILES string of the molecule is COCCN(CC(C)C)C(CN)c1cc(Br)c(C)s1. The third kappa shape index (κ3) is 5.16. The van der Waals surface area contributed by atoms with E-state index >= 15 is 0 Å². The Hall–Kier alpha value is 0.0600. The second kappa shape index (κ2) is 8.37. The predicted octanol–water partition coefficient (Wildman–Crippen LogP) is 3.42. The van der Waals surface area contributed by atoms with E-state index in [1.807, 2.05) is 11.3 Å². The van der Waals surface area contributed by atoms with Crippen LogP contribution >= 0.6 is 27.3 Å². The van der Waals surface area contributed by atoms with Gasteiger partial charge in [0.15, 0.2) is 0 Å². The van der Waals surface area contributed by atoms with Gasteiger partial charge >= 0.3 is 0 Å². The van der Waals surface area contributed by atoms with Crippen molar-refractivity contribution in [3.05, 3.63) is 20.3 Å². The van der Waals surface area contributed by atoms with Gasteiger partial charge in [0.2, 0.25) is 0 Å². The van der Waals surface area contributed by atoms with E-state index < -0.39 is 0 Å². The first-order valence-corrected chi connectivity index (χ1v) is 8.29. The third-order valence-corrected chi connectivity index (χ3v) is 5.29. The highest BCUT2D eigenvalue weighted by Gasteiger charge is 2.22. The predicted molar refractivity (Wildman–Crippen MR) is 86.8 cm³/mol. The molecule has 0 aromatic carbocycles. The second-order valence-electron chi connectivity index (χ2n) is 5.19. The first-order chi connectivity index (χ1) is 8.99. The number of ether oxygens (including phenoxy) is 1. The molecule has 0 saturated heterocycles. The highest BCUT2D eigenvalue weighted by Crippen LogP contribution is 2.33. The maximum Gasteiger partial charge on any atom is 0.0589 e. The van der Waals surface area contributed by atoms with Crippen LogP contribution in [-0.2, 0) is 4.74 Å². The normalized spacial score (nSPS) is 13.5. The highest BCUT2D eigenvalue weighted by molar-refractivity contribution is 9.10. The van der Waals surface area contributed by atoms with Crippen molar-refractivity contribution in [3.63, 3.8) is 0 Å². The molecule has 1 atom stereocenters. The van der Waals surface area contributed by atoms with Gasteiger partial charge in [-0.05, 0) is 34.8 Å². The van der Waals surface area contributed by atoms with Crippen LogP contribution in [0.4, 0.5) is 0 Å². The monoisotopic (exact) mass is 348 g/mol. The van der Waals surface area contributed by atoms with Crippen molar-refractivity contribution in [2.45, 2.75) is 26.8 Å². The van der Waals surface area contributed by atoms with E-state index in [-0.39, 0.29) is 6.04 Å². The summed E-state index contributed by atoms with van der Waals surface area (Å²) in [7, 11) is 1.75. The van der Waals surface area contributed by atoms with Crippen LogP contribution in [0.1, 0.15) is 29.6 Å². The van der Waals surface area contributed by atoms with E-state index in [1.54, 1.807) is 7.11 Å². The van der Waals surface area contributed by atoms with Crippen LogP contribution in [0.5, 0.6) is 0 Å². The number of halogens is 1. The molecule has 0 bridgehead atoms. The molecule has 0 saturated carbocycles. The minimum atomic E-state index is 0.285. The van der Waals surface area contributed by atoms with Crippen LogP contribution in [0, 0.1) is 12.8 Å². The maximum absolute atomic E-state index is 6.02. The lowest BCUT2D eigenvalue weighted by Gasteiger charge is -2.31. The minimum absolute atomic E-state index is 0.285. The molecule has 0 aliphatic heterocycles. The summed E-state index contributed by atoms with van der Waals surface area (Å²) in [5, 5.41) is 0. The number of methoxy groups -OCH3 is 1. The third-order valence-electron chi connectivity index (χ3n) is 3.05. The van der Waals surface area contributed by atoms with E-state index in [4.69, 9.17) is 10.5 Å². The summed E-state index contributed by atoms with van der Waals surface area (Å²) in [6.07, 6.45) is 0. The summed E-state index contributed by atoms with van der Waals surface area (Å²) in [5.41, 5.74) is 6.02. The van der Waals surface area contributed by atoms with Crippen LogP contribution in [0.25, 0.3) is 0 Å². The summed E-state index contributed by atoms with van der Waals surface area (Å²) in [4.78, 5) is 5.08. The summed E-state index contributed by atoms with van der Waals surface area (Å²) >= 11 is 5.42. The molecule has 110 valence electrons. The summed E-state index contributed by atoms with van der Waals surface area (Å²) in [6, 6.07) is 2.49. The molecule has 3 nitrogen and oxygen atoms in total. The van der Waals surface area contributed by atoms with Crippen LogP contribution in [0.15, 0.2) is 10.5 Å². The van der Waals surface area contributed by atoms with Gasteiger partial charge < -0.3 is 10.5 Å². The minimum Gasteiger partial charge on any atom is -0.383 e. The number of aryl methyl sites for hydroxylation is 1. The van der Waals surface area contributed by atoms with Gasteiger partial charge in [0.1, 0.15) is 0 Å². The molecule has 0 fully saturated rings. The Morgan fingerprint density at radius 2 is 2.16 bits per heavy atom. The Morgan fingerprint density at radius 3 is 2.58 bits per heavy atom. The van der Waals surface area contributed by atoms with Crippen molar-refractivity contribution < 1.29 is 4.74 Å². The fourth-order valence-electron chi connectivity index (χ4n) is 2.14. The average molecular weight is 349 g/mol. The highest BCUT2D eigenvalue weighted by atomic mass is 79.9. The fraction of sp³-hybridized carbons (Fsp3) is 0.714. The molecule has 0 spiro atoms. The van der Waals surface area contributed by atoms with E-state index in [9.17, 15) is 0 Å². The number of hydrogen-bond donors (Lipinski definition) is 1. The van der Waals surface area contributed by atoms with Gasteiger partial charge in [-0.3, -0.25) is 4.90 Å². The molecule has 0 radical (unpaired) electrons. The van der Waals surface area contributed by atoms with Crippen molar-refractivity contribution in [2.75, 3.05) is 33.4 Å². The van der Waals surface area contributed by atoms with E-state index in [2.05, 4.69) is 47.7 Å². The first kappa shape index (κ1) is 17.1. The number of thiophene rings is 1. The van der Waals surface area contributed by atoms with Gasteiger partial charge in [0.25, 0.3) is 0 Å². The molecular weight excluding hydrogens is 324 g/mol. The Bertz CT molecular complexity index is 362. The van der Waals surface area contributed by atoms with Gasteiger partial charge in [0, 0.05) is 41.0 Å². The second-order valence-corrected chi connectivity index (χ2v) is 7.33. The molecule has 1 unspecified atom stereocenters. The Kier molecular flexibility index (Phi) is 7.54. The Labute approximate surface area is 129 Å². The molecule has 1 aromatic heterocycles. The lowest BCUT2D eigenvalue weighted by molar-refractivity contribution is 0.113. The first-order valence-electron chi connectivity index (χ1n) is 6.68. The smallest absolute Gasteiger partial charge is 0.0589 e. The van der Waals surface area contributed by atoms with Gasteiger partial charge in [-0.2, -0.15) is 0 Å². The van der Waals surface area contributed by atoms with Crippen LogP contribution in [-0.4, -0.2) is 38.3 Å². The van der Waals surface area contributed by atoms with Gasteiger partial charge in [-0.1, -0.05) is 13.8 Å². The van der Waals surface area contributed by atoms with Gasteiger partial charge in [-0.25, -0.2) is 0 Å². The number of rotatable bonds is 8. The van der Waals surface area contributed by atoms with Crippen molar-refractivity contribution in [2.24, 2.45) is 11.7 Å². The standard InChI is InChI=1S/C14H25BrN2OS/c1-10(2)9-17(5-6-18-4)13(8-16)14-7-12(15)11(3)19-14/h7,10,13H,5-6,8-9,16H2,1-4H3. The summed E-state index contributed by atoms with van der Waals surface area (Å²) in [6.45, 7) is 9.96. The summed E-state index contributed by atoms with van der Waals surface area (Å²) in [5.74, 6) is 0.621. The Morgan fingerprint density at radius 1 is 1.47 bits per heavy atom. The molecule has 1 heterocycles. The zero-order valence-electron chi connectivity index (χ0n) is 12.3. The quantitative estimate of drug-likeness (QED) is 0.782. The molecule has 0 amide bonds. The molecule has 1 rings (SSSR count). The van der Waals surface area contributed by atoms with Crippen LogP contribution in [0.3, 0.4) is 0 Å². The lowest BCUT2D eigenvalue weighted by Crippen LogP contribution is -2.38. The summed E-state index contributed by atoms with van der Waals surface area (Å²) < 4.78 is 6.41. The van der Waals surface area contributed by atoms with Crippen molar-refractivity contribution in [1.29, 1.82) is 0 Å².